The van der Waals surface area contributed by atoms with Gasteiger partial charge in [0.1, 0.15) is 17.3 Å². The fourth-order valence-corrected chi connectivity index (χ4v) is 4.45. The number of phenolic OH excluding ortho intramolecular Hbond substituents is 2. The van der Waals surface area contributed by atoms with Crippen LogP contribution in [-0.2, 0) is 4.74 Å². The molecule has 2 aromatic rings. The smallest absolute Gasteiger partial charge is 0.245 e. The second kappa shape index (κ2) is 11.6. The van der Waals surface area contributed by atoms with Crippen molar-refractivity contribution in [3.63, 3.8) is 0 Å². The molecule has 4 N–H and O–H groups in total. The van der Waals surface area contributed by atoms with Crippen LogP contribution in [-0.4, -0.2) is 16.4 Å². The molecule has 5 rings (SSSR count). The number of hydrogen-bond donors (Lipinski definition) is 4. The topological polar surface area (TPSA) is 168 Å². The average molecular weight is 527 g/mol. The maximum atomic E-state index is 10.1. The molecule has 0 saturated heterocycles. The lowest BCUT2D eigenvalue weighted by atomic mass is 9.86. The molecule has 3 aliphatic rings. The third-order valence-electron chi connectivity index (χ3n) is 6.12. The van der Waals surface area contributed by atoms with E-state index in [1.165, 1.54) is 11.1 Å². The third kappa shape index (κ3) is 7.22. The van der Waals surface area contributed by atoms with Crippen LogP contribution in [0.4, 0.5) is 11.4 Å². The molecular weight excluding hydrogens is 500 g/mol. The van der Waals surface area contributed by atoms with Crippen molar-refractivity contribution in [2.24, 2.45) is 0 Å². The number of allylic oxidation sites excluding steroid dienone is 5. The summed E-state index contributed by atoms with van der Waals surface area (Å²) >= 11 is 0. The van der Waals surface area contributed by atoms with Crippen LogP contribution in [0.2, 0.25) is 0 Å². The molecule has 0 bridgehead atoms. The number of phenols is 2. The fourth-order valence-electron chi connectivity index (χ4n) is 4.45. The van der Waals surface area contributed by atoms with Crippen molar-refractivity contribution < 1.29 is 48.8 Å². The molecule has 2 aromatic carbocycles. The number of anilines is 1. The molecule has 1 aliphatic heterocycles. The predicted octanol–water partition coefficient (Wildman–Crippen LogP) is -0.0467. The number of aromatic hydroxyl groups is 2. The van der Waals surface area contributed by atoms with Gasteiger partial charge in [-0.1, -0.05) is 24.3 Å². The highest BCUT2D eigenvalue weighted by molar-refractivity contribution is 5.78. The predicted molar refractivity (Wildman–Crippen MR) is 126 cm³/mol. The van der Waals surface area contributed by atoms with Gasteiger partial charge in [0.05, 0.1) is 11.3 Å². The monoisotopic (exact) mass is 526 g/mol. The molecule has 0 atom stereocenters. The molecule has 0 amide bonds. The Morgan fingerprint density at radius 1 is 0.838 bits per heavy atom. The highest BCUT2D eigenvalue weighted by Crippen LogP contribution is 2.42. The number of hydrogen-bond acceptors (Lipinski definition) is 8. The van der Waals surface area contributed by atoms with Gasteiger partial charge in [0, 0.05) is 17.8 Å². The molecule has 0 unspecified atom stereocenters. The summed E-state index contributed by atoms with van der Waals surface area (Å²) in [5.41, 5.74) is 6.06. The van der Waals surface area contributed by atoms with Crippen molar-refractivity contribution in [1.82, 2.24) is 0 Å². The summed E-state index contributed by atoms with van der Waals surface area (Å²) in [5, 5.41) is 23.3. The van der Waals surface area contributed by atoms with Crippen LogP contribution >= 0.6 is 0 Å². The van der Waals surface area contributed by atoms with E-state index >= 15 is 0 Å². The second-order valence-corrected chi connectivity index (χ2v) is 9.46. The quantitative estimate of drug-likeness (QED) is 0.317. The molecule has 2 aliphatic carbocycles. The molecule has 0 fully saturated rings. The van der Waals surface area contributed by atoms with Gasteiger partial charge in [0.15, 0.2) is 12.0 Å². The van der Waals surface area contributed by atoms with Crippen LogP contribution in [0.5, 0.6) is 11.5 Å². The van der Waals surface area contributed by atoms with Crippen molar-refractivity contribution in [2.45, 2.75) is 38.5 Å². The maximum Gasteiger partial charge on any atom is 0.245 e. The van der Waals surface area contributed by atoms with Gasteiger partial charge in [-0.3, -0.25) is 0 Å². The van der Waals surface area contributed by atoms with E-state index < -0.39 is 10.2 Å². The molecule has 0 saturated carbocycles. The number of ether oxygens (including phenoxy) is 1. The van der Waals surface area contributed by atoms with E-state index in [4.69, 9.17) is 23.4 Å². The molecular formula is C27H27ClN2O7. The Balaban J connectivity index is 0.000000586. The van der Waals surface area contributed by atoms with Gasteiger partial charge in [0.25, 0.3) is 0 Å². The van der Waals surface area contributed by atoms with Gasteiger partial charge >= 0.3 is 0 Å². The Bertz CT molecular complexity index is 1300. The molecule has 37 heavy (non-hydrogen) atoms. The zero-order valence-corrected chi connectivity index (χ0v) is 20.7. The van der Waals surface area contributed by atoms with Crippen LogP contribution in [0.15, 0.2) is 94.6 Å². The number of fused-ring (bicyclic) bond motifs is 1. The normalized spacial score (nSPS) is 18.5. The summed E-state index contributed by atoms with van der Waals surface area (Å²) in [6.07, 6.45) is 12.2. The molecule has 0 spiro atoms. The Kier molecular flexibility index (Phi) is 8.32. The molecule has 0 aromatic heterocycles. The number of halogens is 1. The van der Waals surface area contributed by atoms with Crippen LogP contribution < -0.4 is 28.9 Å². The first-order valence-electron chi connectivity index (χ1n) is 11.8. The third-order valence-corrected chi connectivity index (χ3v) is 6.12. The van der Waals surface area contributed by atoms with E-state index in [2.05, 4.69) is 16.4 Å². The lowest BCUT2D eigenvalue weighted by Crippen LogP contribution is -2.68. The van der Waals surface area contributed by atoms with Crippen molar-refractivity contribution in [3.8, 4) is 11.5 Å². The molecule has 194 valence electrons. The Hall–Kier alpha value is -3.60. The lowest BCUT2D eigenvalue weighted by molar-refractivity contribution is -2.00. The van der Waals surface area contributed by atoms with Gasteiger partial charge < -0.3 is 20.3 Å². The highest BCUT2D eigenvalue weighted by Gasteiger charge is 2.29. The van der Waals surface area contributed by atoms with E-state index in [0.29, 0.717) is 11.4 Å². The van der Waals surface area contributed by atoms with E-state index in [9.17, 15) is 10.2 Å². The largest absolute Gasteiger partial charge is 0.506 e. The van der Waals surface area contributed by atoms with Crippen LogP contribution in [0, 0.1) is 10.2 Å². The van der Waals surface area contributed by atoms with Crippen molar-refractivity contribution >= 4 is 17.6 Å². The Morgan fingerprint density at radius 3 is 2.24 bits per heavy atom. The first kappa shape index (κ1) is 26.5. The second-order valence-electron chi connectivity index (χ2n) is 8.70. The molecule has 9 nitrogen and oxygen atoms in total. The minimum Gasteiger partial charge on any atom is -0.506 e. The number of nitrogens with one attached hydrogen (secondary N) is 2. The van der Waals surface area contributed by atoms with Gasteiger partial charge in [-0.05, 0) is 73.9 Å². The molecule has 1 heterocycles. The SMILES string of the molecule is Oc1ccccc1N/C=C1\CCCC2=C1OC1=C(C=[NH+]c3ccccc3O)CCCC1=C2.[O-][Cl+3]([O-])([O-])[O-]. The zero-order chi connectivity index (χ0) is 26.4. The average Bonchev–Trinajstić information content (AvgIpc) is 2.85. The summed E-state index contributed by atoms with van der Waals surface area (Å²) in [4.78, 5) is 3.24. The van der Waals surface area contributed by atoms with Crippen LogP contribution in [0.25, 0.3) is 0 Å². The summed E-state index contributed by atoms with van der Waals surface area (Å²) in [7, 11) is -4.94. The Labute approximate surface area is 216 Å². The number of para-hydroxylation sites is 4. The molecule has 0 radical (unpaired) electrons. The number of rotatable bonds is 4. The summed E-state index contributed by atoms with van der Waals surface area (Å²) < 4.78 is 40.5. The first-order valence-corrected chi connectivity index (χ1v) is 13.0. The van der Waals surface area contributed by atoms with Crippen LogP contribution in [0.1, 0.15) is 38.5 Å². The van der Waals surface area contributed by atoms with Crippen molar-refractivity contribution in [1.29, 1.82) is 0 Å². The maximum absolute atomic E-state index is 10.1. The minimum absolute atomic E-state index is 0.225. The van der Waals surface area contributed by atoms with Gasteiger partial charge in [-0.25, -0.2) is 23.6 Å². The van der Waals surface area contributed by atoms with Crippen molar-refractivity contribution in [3.05, 3.63) is 94.6 Å². The number of benzene rings is 2. The van der Waals surface area contributed by atoms with E-state index in [-0.39, 0.29) is 11.5 Å². The van der Waals surface area contributed by atoms with Crippen molar-refractivity contribution in [2.75, 3.05) is 5.32 Å². The van der Waals surface area contributed by atoms with Gasteiger partial charge in [-0.15, -0.1) is 10.2 Å². The van der Waals surface area contributed by atoms with E-state index in [1.807, 2.05) is 48.8 Å². The minimum atomic E-state index is -4.94. The summed E-state index contributed by atoms with van der Waals surface area (Å²) in [6.45, 7) is 0. The van der Waals surface area contributed by atoms with E-state index in [0.717, 1.165) is 61.2 Å². The van der Waals surface area contributed by atoms with E-state index in [1.54, 1.807) is 12.1 Å². The van der Waals surface area contributed by atoms with Gasteiger partial charge in [0.2, 0.25) is 5.69 Å². The fraction of sp³-hybridized carbons (Fsp3) is 0.222. The lowest BCUT2D eigenvalue weighted by Gasteiger charge is -2.31. The first-order chi connectivity index (χ1) is 17.7. The Morgan fingerprint density at radius 2 is 1.51 bits per heavy atom. The standard InChI is InChI=1S/C27H26N2O3.ClHO4/c30-24-13-3-1-11-22(24)28-16-20-9-5-7-18-15-19-8-6-10-21(27(19)32-26(18)20)17-29-23-12-2-4-14-25(23)31;2-1(3,4)5/h1-4,11-17,28,30-31H,5-10H2;(H,2,3,4,5)/b20-16+,29-17?;. The summed E-state index contributed by atoms with van der Waals surface area (Å²) in [5.74, 6) is 2.30. The van der Waals surface area contributed by atoms with Crippen LogP contribution in [0.3, 0.4) is 0 Å². The highest BCUT2D eigenvalue weighted by atomic mass is 35.7. The van der Waals surface area contributed by atoms with Gasteiger partial charge in [-0.2, -0.15) is 0 Å². The zero-order valence-electron chi connectivity index (χ0n) is 19.9. The summed E-state index contributed by atoms with van der Waals surface area (Å²) in [6, 6.07) is 14.5. The molecule has 10 heteroatoms.